The normalized spacial score (nSPS) is 23.1. The number of carbonyl (C=O) groups excluding carboxylic acids is 2. The molecule has 1 aromatic carbocycles. The molecule has 0 N–H and O–H groups in total. The van der Waals surface area contributed by atoms with Crippen LogP contribution in [0.15, 0.2) is 35.7 Å². The fourth-order valence-electron chi connectivity index (χ4n) is 5.68. The number of nitrogens with zero attached hydrogens (tertiary/aromatic N) is 5. The fraction of sp³-hybridized carbons (Fsp3) is 0.600. The van der Waals surface area contributed by atoms with E-state index in [0.29, 0.717) is 49.0 Å². The summed E-state index contributed by atoms with van der Waals surface area (Å²) in [7, 11) is 3.97. The van der Waals surface area contributed by atoms with Gasteiger partial charge in [0.1, 0.15) is 5.70 Å². The number of hydrogen-bond acceptors (Lipinski definition) is 6. The summed E-state index contributed by atoms with van der Waals surface area (Å²) in [5, 5.41) is 12.8. The molecule has 0 spiro atoms. The minimum atomic E-state index is -0.479. The highest BCUT2D eigenvalue weighted by Gasteiger charge is 2.49. The number of piperazine rings is 1. The van der Waals surface area contributed by atoms with Crippen LogP contribution in [0.1, 0.15) is 42.5 Å². The quantitative estimate of drug-likeness (QED) is 0.420. The van der Waals surface area contributed by atoms with Crippen LogP contribution in [0, 0.1) is 16.0 Å². The average molecular weight is 504 g/mol. The minimum Gasteiger partial charge on any atom is -0.365 e. The molecular formula is C25H34ClN5O4. The Hall–Kier alpha value is -2.65. The predicted molar refractivity (Wildman–Crippen MR) is 134 cm³/mol. The minimum absolute atomic E-state index is 0.00541. The molecule has 190 valence electrons. The van der Waals surface area contributed by atoms with Gasteiger partial charge in [0.05, 0.1) is 4.92 Å². The van der Waals surface area contributed by atoms with Crippen molar-refractivity contribution in [3.8, 4) is 0 Å². The largest absolute Gasteiger partial charge is 0.365 e. The Bertz CT molecular complexity index is 988. The van der Waals surface area contributed by atoms with Gasteiger partial charge in [-0.25, -0.2) is 0 Å². The van der Waals surface area contributed by atoms with Gasteiger partial charge in [-0.3, -0.25) is 19.7 Å². The van der Waals surface area contributed by atoms with Gasteiger partial charge in [0.15, 0.2) is 0 Å². The lowest BCUT2D eigenvalue weighted by molar-refractivity contribution is -0.424. The number of nitro groups is 1. The molecule has 1 aromatic rings. The second kappa shape index (κ2) is 11.0. The molecule has 2 amide bonds. The van der Waals surface area contributed by atoms with Crippen molar-refractivity contribution in [3.05, 3.63) is 56.4 Å². The van der Waals surface area contributed by atoms with Gasteiger partial charge in [0, 0.05) is 55.3 Å². The van der Waals surface area contributed by atoms with E-state index in [1.165, 1.54) is 0 Å². The molecule has 2 unspecified atom stereocenters. The van der Waals surface area contributed by atoms with E-state index < -0.39 is 10.8 Å². The molecule has 10 heteroatoms. The number of rotatable bonds is 7. The summed E-state index contributed by atoms with van der Waals surface area (Å²) >= 11 is 5.94. The Labute approximate surface area is 211 Å². The molecule has 2 heterocycles. The van der Waals surface area contributed by atoms with Crippen molar-refractivity contribution in [1.82, 2.24) is 19.6 Å². The lowest BCUT2D eigenvalue weighted by Crippen LogP contribution is -2.57. The second-order valence-electron chi connectivity index (χ2n) is 9.89. The molecule has 35 heavy (non-hydrogen) atoms. The summed E-state index contributed by atoms with van der Waals surface area (Å²) in [5.41, 5.74) is 0.893. The molecule has 3 aliphatic rings. The number of amides is 2. The van der Waals surface area contributed by atoms with E-state index in [-0.39, 0.29) is 23.6 Å². The number of carbonyl (C=O) groups is 2. The highest BCUT2D eigenvalue weighted by Crippen LogP contribution is 2.41. The molecule has 0 radical (unpaired) electrons. The van der Waals surface area contributed by atoms with Crippen LogP contribution in [-0.2, 0) is 4.79 Å². The first-order chi connectivity index (χ1) is 16.8. The molecule has 1 aliphatic carbocycles. The van der Waals surface area contributed by atoms with Gasteiger partial charge < -0.3 is 19.6 Å². The van der Waals surface area contributed by atoms with Crippen LogP contribution >= 0.6 is 11.6 Å². The lowest BCUT2D eigenvalue weighted by Gasteiger charge is -2.47. The third kappa shape index (κ3) is 5.46. The number of fused-ring (bicyclic) bond motifs is 1. The van der Waals surface area contributed by atoms with Crippen molar-refractivity contribution in [1.29, 1.82) is 0 Å². The van der Waals surface area contributed by atoms with Crippen molar-refractivity contribution in [3.63, 3.8) is 0 Å². The zero-order chi connectivity index (χ0) is 25.1. The summed E-state index contributed by atoms with van der Waals surface area (Å²) in [6.45, 7) is 3.22. The molecule has 1 saturated heterocycles. The second-order valence-corrected chi connectivity index (χ2v) is 10.3. The zero-order valence-corrected chi connectivity index (χ0v) is 21.2. The Morgan fingerprint density at radius 2 is 1.77 bits per heavy atom. The molecule has 1 saturated carbocycles. The number of benzene rings is 1. The lowest BCUT2D eigenvalue weighted by atomic mass is 9.77. The van der Waals surface area contributed by atoms with Gasteiger partial charge in [0.25, 0.3) is 5.91 Å². The topological polar surface area (TPSA) is 90.2 Å². The molecule has 2 aliphatic heterocycles. The van der Waals surface area contributed by atoms with Crippen molar-refractivity contribution in [2.75, 3.05) is 53.4 Å². The Morgan fingerprint density at radius 1 is 1.11 bits per heavy atom. The van der Waals surface area contributed by atoms with E-state index in [9.17, 15) is 19.7 Å². The van der Waals surface area contributed by atoms with Gasteiger partial charge in [-0.2, -0.15) is 0 Å². The Balaban J connectivity index is 1.54. The maximum Gasteiger partial charge on any atom is 0.352 e. The van der Waals surface area contributed by atoms with Crippen LogP contribution in [0.4, 0.5) is 0 Å². The SMILES string of the molecule is CN(C)CCCN1C(=O)C([N+](=O)[O-])=C(N2CCN(C(=O)c3ccc(Cl)cc3)CC2)C2CCCCC21. The van der Waals surface area contributed by atoms with E-state index in [1.807, 2.05) is 19.0 Å². The van der Waals surface area contributed by atoms with E-state index in [2.05, 4.69) is 4.90 Å². The van der Waals surface area contributed by atoms with Crippen LogP contribution in [0.3, 0.4) is 0 Å². The average Bonchev–Trinajstić information content (AvgIpc) is 2.84. The smallest absolute Gasteiger partial charge is 0.352 e. The third-order valence-corrected chi connectivity index (χ3v) is 7.62. The summed E-state index contributed by atoms with van der Waals surface area (Å²) in [6.07, 6.45) is 4.54. The summed E-state index contributed by atoms with van der Waals surface area (Å²) in [5.74, 6) is -0.557. The molecule has 0 aromatic heterocycles. The van der Waals surface area contributed by atoms with Crippen LogP contribution in [-0.4, -0.2) is 95.7 Å². The molecular weight excluding hydrogens is 470 g/mol. The van der Waals surface area contributed by atoms with Crippen molar-refractivity contribution in [2.24, 2.45) is 5.92 Å². The van der Waals surface area contributed by atoms with Gasteiger partial charge in [-0.05, 0) is 64.2 Å². The first-order valence-corrected chi connectivity index (χ1v) is 12.8. The van der Waals surface area contributed by atoms with Crippen molar-refractivity contribution < 1.29 is 14.5 Å². The first kappa shape index (κ1) is 25.4. The maximum atomic E-state index is 13.4. The van der Waals surface area contributed by atoms with Gasteiger partial charge in [0.2, 0.25) is 0 Å². The summed E-state index contributed by atoms with van der Waals surface area (Å²) in [4.78, 5) is 45.7. The maximum absolute atomic E-state index is 13.4. The number of halogens is 1. The highest BCUT2D eigenvalue weighted by atomic mass is 35.5. The fourth-order valence-corrected chi connectivity index (χ4v) is 5.81. The summed E-state index contributed by atoms with van der Waals surface area (Å²) in [6, 6.07) is 6.82. The van der Waals surface area contributed by atoms with E-state index >= 15 is 0 Å². The molecule has 2 atom stereocenters. The Morgan fingerprint density at radius 3 is 2.40 bits per heavy atom. The first-order valence-electron chi connectivity index (χ1n) is 12.4. The van der Waals surface area contributed by atoms with Crippen LogP contribution in [0.25, 0.3) is 0 Å². The van der Waals surface area contributed by atoms with Gasteiger partial charge in [-0.15, -0.1) is 0 Å². The van der Waals surface area contributed by atoms with E-state index in [0.717, 1.165) is 38.6 Å². The predicted octanol–water partition coefficient (Wildman–Crippen LogP) is 2.94. The van der Waals surface area contributed by atoms with Crippen molar-refractivity contribution in [2.45, 2.75) is 38.1 Å². The highest BCUT2D eigenvalue weighted by molar-refractivity contribution is 6.30. The molecule has 9 nitrogen and oxygen atoms in total. The Kier molecular flexibility index (Phi) is 7.96. The molecule has 0 bridgehead atoms. The van der Waals surface area contributed by atoms with E-state index in [4.69, 9.17) is 11.6 Å². The monoisotopic (exact) mass is 503 g/mol. The van der Waals surface area contributed by atoms with Crippen LogP contribution in [0.5, 0.6) is 0 Å². The van der Waals surface area contributed by atoms with Gasteiger partial charge in [-0.1, -0.05) is 24.4 Å². The van der Waals surface area contributed by atoms with Crippen LogP contribution in [0.2, 0.25) is 5.02 Å². The molecule has 2 fully saturated rings. The molecule has 4 rings (SSSR count). The zero-order valence-electron chi connectivity index (χ0n) is 20.5. The summed E-state index contributed by atoms with van der Waals surface area (Å²) < 4.78 is 0. The standard InChI is InChI=1S/C25H34ClN5O4/c1-27(2)12-5-13-30-21-7-4-3-6-20(21)22(23(25(30)33)31(34)35)28-14-16-29(17-15-28)24(32)18-8-10-19(26)11-9-18/h8-11,20-21H,3-7,12-17H2,1-2H3. The third-order valence-electron chi connectivity index (χ3n) is 7.37. The number of hydrogen-bond donors (Lipinski definition) is 0. The van der Waals surface area contributed by atoms with Gasteiger partial charge >= 0.3 is 11.6 Å². The van der Waals surface area contributed by atoms with Crippen molar-refractivity contribution >= 4 is 23.4 Å². The van der Waals surface area contributed by atoms with E-state index in [1.54, 1.807) is 34.1 Å². The van der Waals surface area contributed by atoms with Crippen LogP contribution < -0.4 is 0 Å².